The molecule has 136 valence electrons. The Labute approximate surface area is 147 Å². The standard InChI is InChI=1S/C19H27FN4O/c1-4-5-17(24-10-8-13(2)21-9-11-24)18-22-16-7-6-14(20)12-15(16)19(25)23(18)3/h6-7,12-13,17,21H,4-5,8-11H2,1-3H3/t13-,17-/m1/s1. The van der Waals surface area contributed by atoms with Gasteiger partial charge in [0.05, 0.1) is 16.9 Å². The molecule has 1 aromatic heterocycles. The quantitative estimate of drug-likeness (QED) is 0.925. The maximum absolute atomic E-state index is 13.5. The molecular weight excluding hydrogens is 319 g/mol. The fourth-order valence-electron chi connectivity index (χ4n) is 3.65. The van der Waals surface area contributed by atoms with Gasteiger partial charge in [0.2, 0.25) is 0 Å². The molecule has 0 bridgehead atoms. The van der Waals surface area contributed by atoms with Crippen molar-refractivity contribution in [3.8, 4) is 0 Å². The summed E-state index contributed by atoms with van der Waals surface area (Å²) in [6, 6.07) is 4.85. The van der Waals surface area contributed by atoms with E-state index in [4.69, 9.17) is 4.98 Å². The van der Waals surface area contributed by atoms with Crippen molar-refractivity contribution < 1.29 is 4.39 Å². The highest BCUT2D eigenvalue weighted by molar-refractivity contribution is 5.77. The van der Waals surface area contributed by atoms with Crippen LogP contribution in [-0.2, 0) is 7.05 Å². The van der Waals surface area contributed by atoms with Crippen molar-refractivity contribution in [2.24, 2.45) is 7.05 Å². The molecule has 1 aliphatic heterocycles. The van der Waals surface area contributed by atoms with Crippen LogP contribution >= 0.6 is 0 Å². The van der Waals surface area contributed by atoms with Gasteiger partial charge in [-0.3, -0.25) is 14.3 Å². The molecule has 0 amide bonds. The molecular formula is C19H27FN4O. The number of benzene rings is 1. The summed E-state index contributed by atoms with van der Waals surface area (Å²) in [6.45, 7) is 7.22. The minimum Gasteiger partial charge on any atom is -0.313 e. The molecule has 2 aromatic rings. The second kappa shape index (κ2) is 7.62. The number of hydrogen-bond acceptors (Lipinski definition) is 4. The highest BCUT2D eigenvalue weighted by Gasteiger charge is 2.26. The number of fused-ring (bicyclic) bond motifs is 1. The van der Waals surface area contributed by atoms with Crippen LogP contribution in [0.5, 0.6) is 0 Å². The van der Waals surface area contributed by atoms with Crippen LogP contribution in [0.1, 0.15) is 45.0 Å². The lowest BCUT2D eigenvalue weighted by Crippen LogP contribution is -2.36. The number of halogens is 1. The molecule has 0 saturated carbocycles. The van der Waals surface area contributed by atoms with Crippen molar-refractivity contribution in [2.45, 2.75) is 45.2 Å². The monoisotopic (exact) mass is 346 g/mol. The Balaban J connectivity index is 2.05. The van der Waals surface area contributed by atoms with E-state index in [0.29, 0.717) is 16.9 Å². The third-order valence-electron chi connectivity index (χ3n) is 5.11. The van der Waals surface area contributed by atoms with E-state index in [9.17, 15) is 9.18 Å². The summed E-state index contributed by atoms with van der Waals surface area (Å²) in [6.07, 6.45) is 3.04. The van der Waals surface area contributed by atoms with Crippen molar-refractivity contribution in [1.29, 1.82) is 0 Å². The molecule has 3 rings (SSSR count). The Morgan fingerprint density at radius 2 is 2.20 bits per heavy atom. The Bertz CT molecular complexity index is 804. The van der Waals surface area contributed by atoms with Gasteiger partial charge in [-0.1, -0.05) is 13.3 Å². The molecule has 1 aliphatic rings. The molecule has 0 unspecified atom stereocenters. The lowest BCUT2D eigenvalue weighted by atomic mass is 10.1. The van der Waals surface area contributed by atoms with E-state index in [1.54, 1.807) is 17.7 Å². The molecule has 0 aliphatic carbocycles. The molecule has 1 saturated heterocycles. The van der Waals surface area contributed by atoms with Crippen LogP contribution in [0.3, 0.4) is 0 Å². The Hall–Kier alpha value is -1.79. The van der Waals surface area contributed by atoms with E-state index in [2.05, 4.69) is 24.1 Å². The van der Waals surface area contributed by atoms with E-state index in [0.717, 1.165) is 44.7 Å². The summed E-state index contributed by atoms with van der Waals surface area (Å²) in [5.41, 5.74) is 0.392. The minimum absolute atomic E-state index is 0.101. The van der Waals surface area contributed by atoms with E-state index in [-0.39, 0.29) is 11.6 Å². The molecule has 0 radical (unpaired) electrons. The predicted octanol–water partition coefficient (Wildman–Crippen LogP) is 2.60. The molecule has 1 aromatic carbocycles. The Morgan fingerprint density at radius 3 is 2.96 bits per heavy atom. The zero-order valence-corrected chi connectivity index (χ0v) is 15.3. The fourth-order valence-corrected chi connectivity index (χ4v) is 3.65. The summed E-state index contributed by atoms with van der Waals surface area (Å²) in [7, 11) is 1.75. The molecule has 1 fully saturated rings. The second-order valence-corrected chi connectivity index (χ2v) is 6.98. The van der Waals surface area contributed by atoms with Crippen molar-refractivity contribution in [3.05, 3.63) is 40.2 Å². The number of nitrogens with one attached hydrogen (secondary N) is 1. The van der Waals surface area contributed by atoms with Crippen LogP contribution in [0.4, 0.5) is 4.39 Å². The van der Waals surface area contributed by atoms with Gasteiger partial charge in [-0.15, -0.1) is 0 Å². The van der Waals surface area contributed by atoms with Crippen LogP contribution in [-0.4, -0.2) is 40.1 Å². The van der Waals surface area contributed by atoms with Gasteiger partial charge in [-0.25, -0.2) is 9.37 Å². The van der Waals surface area contributed by atoms with Crippen molar-refractivity contribution in [1.82, 2.24) is 19.8 Å². The van der Waals surface area contributed by atoms with E-state index in [1.807, 2.05) is 0 Å². The zero-order chi connectivity index (χ0) is 18.0. The maximum atomic E-state index is 13.5. The van der Waals surface area contributed by atoms with Crippen LogP contribution in [0.2, 0.25) is 0 Å². The average molecular weight is 346 g/mol. The van der Waals surface area contributed by atoms with E-state index in [1.165, 1.54) is 12.1 Å². The zero-order valence-electron chi connectivity index (χ0n) is 15.3. The van der Waals surface area contributed by atoms with Gasteiger partial charge in [-0.05, 0) is 38.0 Å². The van der Waals surface area contributed by atoms with Crippen LogP contribution in [0.15, 0.2) is 23.0 Å². The normalized spacial score (nSPS) is 20.6. The summed E-state index contributed by atoms with van der Waals surface area (Å²) in [5, 5.41) is 3.85. The Morgan fingerprint density at radius 1 is 1.40 bits per heavy atom. The van der Waals surface area contributed by atoms with Gasteiger partial charge < -0.3 is 5.32 Å². The van der Waals surface area contributed by atoms with Gasteiger partial charge in [-0.2, -0.15) is 0 Å². The van der Waals surface area contributed by atoms with Gasteiger partial charge in [0.25, 0.3) is 5.56 Å². The first-order valence-electron chi connectivity index (χ1n) is 9.15. The lowest BCUT2D eigenvalue weighted by molar-refractivity contribution is 0.186. The first-order chi connectivity index (χ1) is 12.0. The van der Waals surface area contributed by atoms with Crippen molar-refractivity contribution >= 4 is 10.9 Å². The van der Waals surface area contributed by atoms with E-state index >= 15 is 0 Å². The number of aromatic nitrogens is 2. The summed E-state index contributed by atoms with van der Waals surface area (Å²) < 4.78 is 15.1. The van der Waals surface area contributed by atoms with Crippen LogP contribution in [0, 0.1) is 5.82 Å². The lowest BCUT2D eigenvalue weighted by Gasteiger charge is -2.31. The fraction of sp³-hybridized carbons (Fsp3) is 0.579. The average Bonchev–Trinajstić information content (AvgIpc) is 2.81. The third kappa shape index (κ3) is 3.75. The van der Waals surface area contributed by atoms with E-state index < -0.39 is 5.82 Å². The molecule has 5 nitrogen and oxygen atoms in total. The highest BCUT2D eigenvalue weighted by atomic mass is 19.1. The summed E-state index contributed by atoms with van der Waals surface area (Å²) >= 11 is 0. The number of nitrogens with zero attached hydrogens (tertiary/aromatic N) is 3. The molecule has 1 N–H and O–H groups in total. The van der Waals surface area contributed by atoms with Crippen LogP contribution in [0.25, 0.3) is 10.9 Å². The molecule has 6 heteroatoms. The highest BCUT2D eigenvalue weighted by Crippen LogP contribution is 2.26. The second-order valence-electron chi connectivity index (χ2n) is 6.98. The predicted molar refractivity (Wildman–Crippen MR) is 98.2 cm³/mol. The van der Waals surface area contributed by atoms with Gasteiger partial charge in [0.15, 0.2) is 0 Å². The van der Waals surface area contributed by atoms with Gasteiger partial charge in [0.1, 0.15) is 11.6 Å². The number of rotatable bonds is 4. The maximum Gasteiger partial charge on any atom is 0.261 e. The minimum atomic E-state index is -0.406. The molecule has 2 heterocycles. The molecule has 0 spiro atoms. The first-order valence-corrected chi connectivity index (χ1v) is 9.15. The largest absolute Gasteiger partial charge is 0.313 e. The van der Waals surface area contributed by atoms with Crippen molar-refractivity contribution in [3.63, 3.8) is 0 Å². The molecule has 25 heavy (non-hydrogen) atoms. The third-order valence-corrected chi connectivity index (χ3v) is 5.11. The first kappa shape index (κ1) is 18.0. The van der Waals surface area contributed by atoms with Crippen LogP contribution < -0.4 is 10.9 Å². The van der Waals surface area contributed by atoms with Crippen molar-refractivity contribution in [2.75, 3.05) is 19.6 Å². The molecule has 2 atom stereocenters. The SMILES string of the molecule is CCC[C@H](c1nc2ccc(F)cc2c(=O)n1C)N1CCN[C@H](C)CC1. The Kier molecular flexibility index (Phi) is 5.49. The smallest absolute Gasteiger partial charge is 0.261 e. The number of hydrogen-bond donors (Lipinski definition) is 1. The van der Waals surface area contributed by atoms with Gasteiger partial charge in [0, 0.05) is 32.7 Å². The topological polar surface area (TPSA) is 50.2 Å². The summed E-state index contributed by atoms with van der Waals surface area (Å²) in [5.74, 6) is 0.373. The summed E-state index contributed by atoms with van der Waals surface area (Å²) in [4.78, 5) is 19.9. The van der Waals surface area contributed by atoms with Gasteiger partial charge >= 0.3 is 0 Å².